The van der Waals surface area contributed by atoms with Crippen LogP contribution in [0.25, 0.3) is 0 Å². The quantitative estimate of drug-likeness (QED) is 0.870. The van der Waals surface area contributed by atoms with Crippen molar-refractivity contribution >= 4 is 22.9 Å². The molecular weight excluding hydrogens is 340 g/mol. The fourth-order valence-electron chi connectivity index (χ4n) is 2.98. The van der Waals surface area contributed by atoms with Gasteiger partial charge in [0.1, 0.15) is 10.6 Å². The number of nitrogens with one attached hydrogen (secondary N) is 1. The molecule has 1 aliphatic rings. The first-order valence-corrected chi connectivity index (χ1v) is 9.00. The number of nitrogens with zero attached hydrogens (tertiary/aromatic N) is 3. The fourth-order valence-corrected chi connectivity index (χ4v) is 3.88. The van der Waals surface area contributed by atoms with Crippen LogP contribution in [-0.2, 0) is 7.05 Å². The lowest BCUT2D eigenvalue weighted by Gasteiger charge is -2.18. The second-order valence-electron chi connectivity index (χ2n) is 6.24. The van der Waals surface area contributed by atoms with Gasteiger partial charge in [0, 0.05) is 37.6 Å². The Morgan fingerprint density at radius 2 is 2.28 bits per heavy atom. The van der Waals surface area contributed by atoms with E-state index in [0.29, 0.717) is 23.1 Å². The van der Waals surface area contributed by atoms with Gasteiger partial charge >= 0.3 is 0 Å². The number of anilines is 1. The summed E-state index contributed by atoms with van der Waals surface area (Å²) in [5, 5.41) is 7.07. The molecule has 1 aliphatic heterocycles. The van der Waals surface area contributed by atoms with Gasteiger partial charge in [-0.05, 0) is 25.3 Å². The summed E-state index contributed by atoms with van der Waals surface area (Å²) in [5.41, 5.74) is 0.724. The van der Waals surface area contributed by atoms with E-state index in [4.69, 9.17) is 4.74 Å². The molecule has 134 valence electrons. The predicted molar refractivity (Wildman–Crippen MR) is 97.7 cm³/mol. The maximum Gasteiger partial charge on any atom is 0.268 e. The lowest BCUT2D eigenvalue weighted by Crippen LogP contribution is -2.31. The third kappa shape index (κ3) is 3.84. The van der Waals surface area contributed by atoms with Crippen LogP contribution in [0, 0.1) is 12.8 Å². The van der Waals surface area contributed by atoms with Crippen molar-refractivity contribution in [3.63, 3.8) is 0 Å². The van der Waals surface area contributed by atoms with Gasteiger partial charge in [-0.25, -0.2) is 4.68 Å². The van der Waals surface area contributed by atoms with Crippen LogP contribution >= 0.6 is 11.3 Å². The average Bonchev–Trinajstić information content (AvgIpc) is 3.21. The number of ether oxygens (including phenoxy) is 1. The molecule has 1 saturated heterocycles. The van der Waals surface area contributed by atoms with E-state index in [-0.39, 0.29) is 11.5 Å². The van der Waals surface area contributed by atoms with E-state index in [1.807, 2.05) is 13.0 Å². The molecule has 0 aromatic carbocycles. The van der Waals surface area contributed by atoms with Crippen molar-refractivity contribution in [1.29, 1.82) is 0 Å². The molecule has 0 bridgehead atoms. The molecule has 0 radical (unpaired) electrons. The molecule has 0 aliphatic carbocycles. The first kappa shape index (κ1) is 17.5. The summed E-state index contributed by atoms with van der Waals surface area (Å²) in [6.45, 7) is 4.22. The third-order valence-corrected chi connectivity index (χ3v) is 5.43. The van der Waals surface area contributed by atoms with Gasteiger partial charge in [-0.3, -0.25) is 9.59 Å². The molecule has 0 saturated carbocycles. The number of aromatic nitrogens is 2. The molecule has 3 rings (SSSR count). The van der Waals surface area contributed by atoms with Crippen molar-refractivity contribution in [2.24, 2.45) is 13.0 Å². The molecule has 25 heavy (non-hydrogen) atoms. The van der Waals surface area contributed by atoms with Gasteiger partial charge in [0.15, 0.2) is 0 Å². The van der Waals surface area contributed by atoms with Crippen LogP contribution in [0.3, 0.4) is 0 Å². The first-order chi connectivity index (χ1) is 12.0. The van der Waals surface area contributed by atoms with Crippen molar-refractivity contribution in [2.75, 3.05) is 31.6 Å². The summed E-state index contributed by atoms with van der Waals surface area (Å²) in [6.07, 6.45) is 2.68. The topological polar surface area (TPSA) is 76.5 Å². The normalized spacial score (nSPS) is 16.9. The van der Waals surface area contributed by atoms with Crippen LogP contribution < -0.4 is 20.5 Å². The Labute approximate surface area is 150 Å². The van der Waals surface area contributed by atoms with E-state index in [9.17, 15) is 9.59 Å². The number of carbonyl (C=O) groups excluding carboxylic acids is 1. The second kappa shape index (κ2) is 7.26. The van der Waals surface area contributed by atoms with Crippen LogP contribution in [0.15, 0.2) is 23.1 Å². The minimum absolute atomic E-state index is 0.0938. The van der Waals surface area contributed by atoms with E-state index in [0.717, 1.165) is 30.1 Å². The third-order valence-electron chi connectivity index (χ3n) is 4.40. The van der Waals surface area contributed by atoms with Crippen LogP contribution in [0.4, 0.5) is 5.69 Å². The molecule has 1 fully saturated rings. The number of hydrogen-bond donors (Lipinski definition) is 1. The monoisotopic (exact) mass is 362 g/mol. The zero-order valence-electron chi connectivity index (χ0n) is 14.6. The predicted octanol–water partition coefficient (Wildman–Crippen LogP) is 1.42. The molecule has 1 unspecified atom stereocenters. The van der Waals surface area contributed by atoms with Gasteiger partial charge in [-0.1, -0.05) is 0 Å². The number of hydrogen-bond acceptors (Lipinski definition) is 6. The van der Waals surface area contributed by atoms with E-state index in [1.165, 1.54) is 16.0 Å². The van der Waals surface area contributed by atoms with Crippen LogP contribution in [-0.4, -0.2) is 42.4 Å². The summed E-state index contributed by atoms with van der Waals surface area (Å²) in [7, 11) is 3.21. The lowest BCUT2D eigenvalue weighted by molar-refractivity contribution is 0.0949. The Balaban J connectivity index is 1.57. The van der Waals surface area contributed by atoms with Crippen LogP contribution in [0.5, 0.6) is 5.75 Å². The number of aryl methyl sites for hydroxylation is 2. The fraction of sp³-hybridized carbons (Fsp3) is 0.471. The van der Waals surface area contributed by atoms with Gasteiger partial charge in [0.25, 0.3) is 11.5 Å². The molecule has 1 atom stereocenters. The number of rotatable bonds is 5. The minimum Gasteiger partial charge on any atom is -0.495 e. The number of amides is 1. The highest BCUT2D eigenvalue weighted by Crippen LogP contribution is 2.28. The number of methoxy groups -OCH3 is 1. The minimum atomic E-state index is -0.116. The maximum absolute atomic E-state index is 12.4. The standard InChI is InChI=1S/C17H22N4O3S/c1-11-6-14(24-3)16(25-11)17(23)18-8-12-4-5-21(10-12)13-7-15(22)20(2)19-9-13/h6-7,9,12H,4-5,8,10H2,1-3H3,(H,18,23). The second-order valence-corrected chi connectivity index (χ2v) is 7.50. The Morgan fingerprint density at radius 1 is 1.48 bits per heavy atom. The average molecular weight is 362 g/mol. The van der Waals surface area contributed by atoms with E-state index in [1.54, 1.807) is 26.4 Å². The van der Waals surface area contributed by atoms with E-state index in [2.05, 4.69) is 15.3 Å². The highest BCUT2D eigenvalue weighted by molar-refractivity contribution is 7.14. The summed E-state index contributed by atoms with van der Waals surface area (Å²) in [4.78, 5) is 27.9. The van der Waals surface area contributed by atoms with E-state index < -0.39 is 0 Å². The van der Waals surface area contributed by atoms with Gasteiger partial charge < -0.3 is 15.0 Å². The van der Waals surface area contributed by atoms with E-state index >= 15 is 0 Å². The van der Waals surface area contributed by atoms with Crippen molar-refractivity contribution < 1.29 is 9.53 Å². The summed E-state index contributed by atoms with van der Waals surface area (Å²) < 4.78 is 6.57. The van der Waals surface area contributed by atoms with Crippen molar-refractivity contribution in [1.82, 2.24) is 15.1 Å². The van der Waals surface area contributed by atoms with Gasteiger partial charge in [-0.2, -0.15) is 5.10 Å². The van der Waals surface area contributed by atoms with Gasteiger partial charge in [0.2, 0.25) is 0 Å². The molecule has 2 aromatic rings. The molecule has 7 nitrogen and oxygen atoms in total. The van der Waals surface area contributed by atoms with Gasteiger partial charge in [-0.15, -0.1) is 11.3 Å². The van der Waals surface area contributed by atoms with Crippen LogP contribution in [0.2, 0.25) is 0 Å². The van der Waals surface area contributed by atoms with Crippen molar-refractivity contribution in [2.45, 2.75) is 13.3 Å². The molecule has 0 spiro atoms. The summed E-state index contributed by atoms with van der Waals surface area (Å²) in [6, 6.07) is 3.48. The largest absolute Gasteiger partial charge is 0.495 e. The SMILES string of the molecule is COc1cc(C)sc1C(=O)NCC1CCN(c2cnn(C)c(=O)c2)C1. The molecule has 2 aromatic heterocycles. The summed E-state index contributed by atoms with van der Waals surface area (Å²) >= 11 is 1.44. The Morgan fingerprint density at radius 3 is 3.00 bits per heavy atom. The Hall–Kier alpha value is -2.35. The highest BCUT2D eigenvalue weighted by atomic mass is 32.1. The maximum atomic E-state index is 12.4. The number of thiophene rings is 1. The first-order valence-electron chi connectivity index (χ1n) is 8.19. The van der Waals surface area contributed by atoms with Crippen molar-refractivity contribution in [3.8, 4) is 5.75 Å². The molecule has 1 N–H and O–H groups in total. The van der Waals surface area contributed by atoms with Crippen molar-refractivity contribution in [3.05, 3.63) is 38.4 Å². The smallest absolute Gasteiger partial charge is 0.268 e. The molecule has 8 heteroatoms. The Kier molecular flexibility index (Phi) is 5.08. The zero-order chi connectivity index (χ0) is 18.0. The van der Waals surface area contributed by atoms with Crippen LogP contribution in [0.1, 0.15) is 21.0 Å². The lowest BCUT2D eigenvalue weighted by atomic mass is 10.1. The molecular formula is C17H22N4O3S. The Bertz CT molecular complexity index is 830. The number of carbonyl (C=O) groups is 1. The van der Waals surface area contributed by atoms with Gasteiger partial charge in [0.05, 0.1) is 19.0 Å². The highest BCUT2D eigenvalue weighted by Gasteiger charge is 2.24. The summed E-state index contributed by atoms with van der Waals surface area (Å²) in [5.74, 6) is 0.878. The zero-order valence-corrected chi connectivity index (χ0v) is 15.4. The molecule has 3 heterocycles. The molecule has 1 amide bonds.